The van der Waals surface area contributed by atoms with Crippen LogP contribution in [0.5, 0.6) is 0 Å². The predicted octanol–water partition coefficient (Wildman–Crippen LogP) is 5.10. The standard InChI is InChI=1S/C24H20N2O2/c1-15-7-9-17(10-8-15)13-18-11-12-20-22(24(27)28-16(2)14-25)19-5-3-4-6-21(19)26-23(18)20/h3-10,13,16H,11-12H2,1-2H3/b18-13+. The van der Waals surface area contributed by atoms with E-state index in [2.05, 4.69) is 37.3 Å². The Morgan fingerprint density at radius 2 is 1.93 bits per heavy atom. The first-order valence-corrected chi connectivity index (χ1v) is 9.36. The third-order valence-corrected chi connectivity index (χ3v) is 5.03. The maximum atomic E-state index is 12.9. The van der Waals surface area contributed by atoms with Gasteiger partial charge in [-0.3, -0.25) is 0 Å². The third kappa shape index (κ3) is 3.27. The molecular weight excluding hydrogens is 348 g/mol. The number of hydrogen-bond acceptors (Lipinski definition) is 4. The van der Waals surface area contributed by atoms with Crippen LogP contribution in [0.25, 0.3) is 22.6 Å². The van der Waals surface area contributed by atoms with Crippen LogP contribution in [-0.4, -0.2) is 17.1 Å². The molecule has 1 unspecified atom stereocenters. The molecule has 0 saturated heterocycles. The molecular formula is C24H20N2O2. The molecule has 2 aromatic carbocycles. The van der Waals surface area contributed by atoms with E-state index in [0.717, 1.165) is 46.1 Å². The molecule has 0 N–H and O–H groups in total. The number of nitrogens with zero attached hydrogens (tertiary/aromatic N) is 2. The van der Waals surface area contributed by atoms with Crippen LogP contribution in [-0.2, 0) is 11.2 Å². The van der Waals surface area contributed by atoms with Gasteiger partial charge in [-0.1, -0.05) is 48.0 Å². The Kier molecular flexibility index (Phi) is 4.67. The summed E-state index contributed by atoms with van der Waals surface area (Å²) in [6.45, 7) is 3.64. The van der Waals surface area contributed by atoms with Gasteiger partial charge in [0, 0.05) is 5.39 Å². The van der Waals surface area contributed by atoms with Crippen molar-refractivity contribution in [2.24, 2.45) is 0 Å². The van der Waals surface area contributed by atoms with Crippen LogP contribution in [0, 0.1) is 18.3 Å². The maximum absolute atomic E-state index is 12.9. The van der Waals surface area contributed by atoms with E-state index >= 15 is 0 Å². The molecule has 0 amide bonds. The molecule has 0 spiro atoms. The first kappa shape index (κ1) is 17.9. The molecule has 0 fully saturated rings. The lowest BCUT2D eigenvalue weighted by atomic mass is 10.0. The Morgan fingerprint density at radius 1 is 1.18 bits per heavy atom. The van der Waals surface area contributed by atoms with Gasteiger partial charge in [-0.2, -0.15) is 5.26 Å². The number of pyridine rings is 1. The molecule has 0 saturated carbocycles. The fourth-order valence-electron chi connectivity index (χ4n) is 3.62. The van der Waals surface area contributed by atoms with E-state index in [-0.39, 0.29) is 0 Å². The van der Waals surface area contributed by atoms with Crippen molar-refractivity contribution >= 4 is 28.5 Å². The van der Waals surface area contributed by atoms with Gasteiger partial charge in [-0.15, -0.1) is 0 Å². The fourth-order valence-corrected chi connectivity index (χ4v) is 3.62. The van der Waals surface area contributed by atoms with Crippen LogP contribution < -0.4 is 0 Å². The number of esters is 1. The van der Waals surface area contributed by atoms with Crippen molar-refractivity contribution < 1.29 is 9.53 Å². The zero-order valence-corrected chi connectivity index (χ0v) is 15.9. The van der Waals surface area contributed by atoms with Crippen molar-refractivity contribution in [2.75, 3.05) is 0 Å². The lowest BCUT2D eigenvalue weighted by molar-refractivity contribution is 0.0436. The predicted molar refractivity (Wildman–Crippen MR) is 110 cm³/mol. The average Bonchev–Trinajstić information content (AvgIpc) is 3.09. The molecule has 138 valence electrons. The van der Waals surface area contributed by atoms with Crippen LogP contribution in [0.2, 0.25) is 0 Å². The third-order valence-electron chi connectivity index (χ3n) is 5.03. The highest BCUT2D eigenvalue weighted by atomic mass is 16.5. The molecule has 28 heavy (non-hydrogen) atoms. The molecule has 3 aromatic rings. The molecule has 1 heterocycles. The quantitative estimate of drug-likeness (QED) is 0.604. The average molecular weight is 368 g/mol. The van der Waals surface area contributed by atoms with Crippen LogP contribution >= 0.6 is 0 Å². The summed E-state index contributed by atoms with van der Waals surface area (Å²) in [7, 11) is 0. The van der Waals surface area contributed by atoms with Crippen molar-refractivity contribution in [3.8, 4) is 6.07 Å². The zero-order chi connectivity index (χ0) is 19.7. The molecule has 4 heteroatoms. The van der Waals surface area contributed by atoms with E-state index in [1.807, 2.05) is 30.3 Å². The van der Waals surface area contributed by atoms with Crippen molar-refractivity contribution in [2.45, 2.75) is 32.8 Å². The van der Waals surface area contributed by atoms with E-state index in [1.54, 1.807) is 6.92 Å². The first-order valence-electron chi connectivity index (χ1n) is 9.36. The Hall–Kier alpha value is -3.45. The summed E-state index contributed by atoms with van der Waals surface area (Å²) in [5, 5.41) is 9.79. The summed E-state index contributed by atoms with van der Waals surface area (Å²) >= 11 is 0. The van der Waals surface area contributed by atoms with Crippen molar-refractivity contribution in [3.63, 3.8) is 0 Å². The minimum Gasteiger partial charge on any atom is -0.444 e. The van der Waals surface area contributed by atoms with Gasteiger partial charge < -0.3 is 4.74 Å². The van der Waals surface area contributed by atoms with E-state index in [0.29, 0.717) is 5.56 Å². The number of rotatable bonds is 3. The number of carbonyl (C=O) groups excluding carboxylic acids is 1. The molecule has 1 aliphatic rings. The van der Waals surface area contributed by atoms with E-state index in [9.17, 15) is 4.79 Å². The second-order valence-corrected chi connectivity index (χ2v) is 7.09. The highest BCUT2D eigenvalue weighted by molar-refractivity contribution is 6.07. The van der Waals surface area contributed by atoms with Gasteiger partial charge in [-0.25, -0.2) is 9.78 Å². The molecule has 0 aliphatic heterocycles. The number of fused-ring (bicyclic) bond motifs is 2. The van der Waals surface area contributed by atoms with E-state index in [4.69, 9.17) is 15.0 Å². The molecule has 1 aliphatic carbocycles. The van der Waals surface area contributed by atoms with Crippen molar-refractivity contribution in [1.29, 1.82) is 5.26 Å². The maximum Gasteiger partial charge on any atom is 0.340 e. The number of benzene rings is 2. The Bertz CT molecular complexity index is 1140. The highest BCUT2D eigenvalue weighted by Gasteiger charge is 2.28. The number of carbonyl (C=O) groups is 1. The molecule has 1 aromatic heterocycles. The molecule has 4 nitrogen and oxygen atoms in total. The van der Waals surface area contributed by atoms with Crippen LogP contribution in [0.15, 0.2) is 48.5 Å². The Labute approximate surface area is 164 Å². The molecule has 0 radical (unpaired) electrons. The van der Waals surface area contributed by atoms with Gasteiger partial charge >= 0.3 is 5.97 Å². The first-order chi connectivity index (χ1) is 13.6. The van der Waals surface area contributed by atoms with Gasteiger partial charge in [0.1, 0.15) is 6.07 Å². The number of para-hydroxylation sites is 1. The number of allylic oxidation sites excluding steroid dienone is 1. The van der Waals surface area contributed by atoms with Gasteiger partial charge in [0.25, 0.3) is 0 Å². The fraction of sp³-hybridized carbons (Fsp3) is 0.208. The summed E-state index contributed by atoms with van der Waals surface area (Å²) < 4.78 is 5.34. The number of ether oxygens (including phenoxy) is 1. The van der Waals surface area contributed by atoms with Crippen LogP contribution in [0.1, 0.15) is 46.1 Å². The topological polar surface area (TPSA) is 63.0 Å². The van der Waals surface area contributed by atoms with Gasteiger partial charge in [-0.05, 0) is 55.5 Å². The van der Waals surface area contributed by atoms with Gasteiger partial charge in [0.15, 0.2) is 6.10 Å². The summed E-state index contributed by atoms with van der Waals surface area (Å²) in [5.74, 6) is -0.458. The minimum atomic E-state index is -0.793. The lowest BCUT2D eigenvalue weighted by Crippen LogP contribution is -2.16. The largest absolute Gasteiger partial charge is 0.444 e. The summed E-state index contributed by atoms with van der Waals surface area (Å²) in [4.78, 5) is 17.7. The second kappa shape index (κ2) is 7.28. The summed E-state index contributed by atoms with van der Waals surface area (Å²) in [5.41, 5.74) is 6.51. The summed E-state index contributed by atoms with van der Waals surface area (Å²) in [6.07, 6.45) is 2.90. The molecule has 1 atom stereocenters. The van der Waals surface area contributed by atoms with Gasteiger partial charge in [0.2, 0.25) is 0 Å². The lowest BCUT2D eigenvalue weighted by Gasteiger charge is -2.13. The van der Waals surface area contributed by atoms with E-state index in [1.165, 1.54) is 5.56 Å². The minimum absolute atomic E-state index is 0.458. The van der Waals surface area contributed by atoms with Crippen LogP contribution in [0.3, 0.4) is 0 Å². The number of aromatic nitrogens is 1. The number of aryl methyl sites for hydroxylation is 1. The molecule has 4 rings (SSSR count). The van der Waals surface area contributed by atoms with Crippen LogP contribution in [0.4, 0.5) is 0 Å². The zero-order valence-electron chi connectivity index (χ0n) is 15.9. The van der Waals surface area contributed by atoms with E-state index < -0.39 is 12.1 Å². The SMILES string of the molecule is Cc1ccc(/C=C2\CCc3c2nc2ccccc2c3C(=O)OC(C)C#N)cc1. The Morgan fingerprint density at radius 3 is 2.68 bits per heavy atom. The van der Waals surface area contributed by atoms with Crippen molar-refractivity contribution in [1.82, 2.24) is 4.98 Å². The van der Waals surface area contributed by atoms with Crippen molar-refractivity contribution in [3.05, 3.63) is 76.5 Å². The number of hydrogen-bond donors (Lipinski definition) is 0. The molecule has 0 bridgehead atoms. The summed E-state index contributed by atoms with van der Waals surface area (Å²) in [6, 6.07) is 17.9. The van der Waals surface area contributed by atoms with Gasteiger partial charge in [0.05, 0.1) is 16.8 Å². The highest BCUT2D eigenvalue weighted by Crippen LogP contribution is 2.37. The Balaban J connectivity index is 1.86. The second-order valence-electron chi connectivity index (χ2n) is 7.09. The monoisotopic (exact) mass is 368 g/mol. The number of nitriles is 1. The normalized spacial score (nSPS) is 15.2. The smallest absolute Gasteiger partial charge is 0.340 e.